The van der Waals surface area contributed by atoms with E-state index in [1.54, 1.807) is 11.3 Å². The molecule has 1 aromatic rings. The van der Waals surface area contributed by atoms with Crippen molar-refractivity contribution in [1.29, 1.82) is 0 Å². The molecule has 1 aromatic heterocycles. The van der Waals surface area contributed by atoms with Crippen LogP contribution in [0.4, 0.5) is 0 Å². The van der Waals surface area contributed by atoms with Gasteiger partial charge >= 0.3 is 0 Å². The molecule has 0 bridgehead atoms. The number of thiophene rings is 1. The summed E-state index contributed by atoms with van der Waals surface area (Å²) < 4.78 is 1.23. The Hall–Kier alpha value is 0.100. The standard InChI is InChI=1S/C13H21BrN2S/c1-16(9-11-8-13(14)17-10-11)7-3-5-12-4-2-6-15-12/h8,10,12,15H,2-7,9H2,1H3. The molecule has 17 heavy (non-hydrogen) atoms. The van der Waals surface area contributed by atoms with Crippen LogP contribution in [0.5, 0.6) is 0 Å². The van der Waals surface area contributed by atoms with Crippen LogP contribution in [0.1, 0.15) is 31.2 Å². The van der Waals surface area contributed by atoms with Crippen molar-refractivity contribution < 1.29 is 0 Å². The van der Waals surface area contributed by atoms with E-state index in [1.165, 1.54) is 48.1 Å². The summed E-state index contributed by atoms with van der Waals surface area (Å²) in [5.74, 6) is 0. The highest BCUT2D eigenvalue weighted by Crippen LogP contribution is 2.21. The predicted octanol–water partition coefficient (Wildman–Crippen LogP) is 3.47. The van der Waals surface area contributed by atoms with E-state index in [4.69, 9.17) is 0 Å². The van der Waals surface area contributed by atoms with Crippen molar-refractivity contribution in [2.45, 2.75) is 38.3 Å². The molecule has 0 amide bonds. The summed E-state index contributed by atoms with van der Waals surface area (Å²) in [5, 5.41) is 5.80. The van der Waals surface area contributed by atoms with Gasteiger partial charge in [-0.15, -0.1) is 11.3 Å². The Labute approximate surface area is 117 Å². The Kier molecular flexibility index (Phi) is 5.48. The monoisotopic (exact) mass is 316 g/mol. The molecule has 1 unspecified atom stereocenters. The van der Waals surface area contributed by atoms with Crippen molar-refractivity contribution in [1.82, 2.24) is 10.2 Å². The van der Waals surface area contributed by atoms with Crippen LogP contribution < -0.4 is 5.32 Å². The van der Waals surface area contributed by atoms with E-state index in [-0.39, 0.29) is 0 Å². The van der Waals surface area contributed by atoms with Crippen molar-refractivity contribution >= 4 is 27.3 Å². The lowest BCUT2D eigenvalue weighted by molar-refractivity contribution is 0.312. The zero-order valence-corrected chi connectivity index (χ0v) is 12.8. The second-order valence-electron chi connectivity index (χ2n) is 4.93. The highest BCUT2D eigenvalue weighted by molar-refractivity contribution is 9.11. The SMILES string of the molecule is CN(CCCC1CCCN1)Cc1csc(Br)c1. The minimum Gasteiger partial charge on any atom is -0.314 e. The fourth-order valence-electron chi connectivity index (χ4n) is 2.43. The fraction of sp³-hybridized carbons (Fsp3) is 0.692. The summed E-state index contributed by atoms with van der Waals surface area (Å²) in [7, 11) is 2.22. The molecule has 1 aliphatic heterocycles. The first-order chi connectivity index (χ1) is 8.24. The molecule has 1 aliphatic rings. The van der Waals surface area contributed by atoms with E-state index in [0.717, 1.165) is 12.6 Å². The van der Waals surface area contributed by atoms with E-state index in [2.05, 4.69) is 44.6 Å². The summed E-state index contributed by atoms with van der Waals surface area (Å²) in [6, 6.07) is 3.01. The van der Waals surface area contributed by atoms with E-state index in [1.807, 2.05) is 0 Å². The summed E-state index contributed by atoms with van der Waals surface area (Å²) in [5.41, 5.74) is 1.42. The van der Waals surface area contributed by atoms with Gasteiger partial charge in [0.2, 0.25) is 0 Å². The van der Waals surface area contributed by atoms with Crippen LogP contribution in [-0.2, 0) is 6.54 Å². The van der Waals surface area contributed by atoms with Crippen molar-refractivity contribution in [3.63, 3.8) is 0 Å². The molecule has 0 aliphatic carbocycles. The third kappa shape index (κ3) is 4.70. The number of nitrogens with zero attached hydrogens (tertiary/aromatic N) is 1. The molecule has 4 heteroatoms. The third-order valence-corrected chi connectivity index (χ3v) is 4.88. The van der Waals surface area contributed by atoms with Crippen LogP contribution in [0.3, 0.4) is 0 Å². The highest BCUT2D eigenvalue weighted by atomic mass is 79.9. The molecule has 2 nitrogen and oxygen atoms in total. The molecule has 1 N–H and O–H groups in total. The quantitative estimate of drug-likeness (QED) is 0.864. The van der Waals surface area contributed by atoms with Gasteiger partial charge in [0.25, 0.3) is 0 Å². The fourth-order valence-corrected chi connectivity index (χ4v) is 3.63. The third-order valence-electron chi connectivity index (χ3n) is 3.33. The Morgan fingerprint density at radius 2 is 2.47 bits per heavy atom. The zero-order valence-electron chi connectivity index (χ0n) is 10.4. The maximum absolute atomic E-state index is 3.56. The largest absolute Gasteiger partial charge is 0.314 e. The lowest BCUT2D eigenvalue weighted by Crippen LogP contribution is -2.24. The van der Waals surface area contributed by atoms with Gasteiger partial charge in [-0.25, -0.2) is 0 Å². The lowest BCUT2D eigenvalue weighted by atomic mass is 10.1. The smallest absolute Gasteiger partial charge is 0.0701 e. The summed E-state index contributed by atoms with van der Waals surface area (Å²) in [6.07, 6.45) is 5.38. The second-order valence-corrected chi connectivity index (χ2v) is 7.22. The van der Waals surface area contributed by atoms with E-state index >= 15 is 0 Å². The number of nitrogens with one attached hydrogen (secondary N) is 1. The van der Waals surface area contributed by atoms with Crippen LogP contribution in [0, 0.1) is 0 Å². The van der Waals surface area contributed by atoms with Crippen LogP contribution in [0.25, 0.3) is 0 Å². The topological polar surface area (TPSA) is 15.3 Å². The van der Waals surface area contributed by atoms with Gasteiger partial charge in [-0.1, -0.05) is 0 Å². The average Bonchev–Trinajstić information content (AvgIpc) is 2.90. The Balaban J connectivity index is 1.61. The van der Waals surface area contributed by atoms with Crippen LogP contribution in [0.15, 0.2) is 15.2 Å². The maximum Gasteiger partial charge on any atom is 0.0701 e. The maximum atomic E-state index is 3.56. The molecule has 1 fully saturated rings. The molecule has 1 saturated heterocycles. The Bertz CT molecular complexity index is 334. The molecule has 1 atom stereocenters. The first-order valence-corrected chi connectivity index (χ1v) is 8.06. The van der Waals surface area contributed by atoms with Gasteiger partial charge in [0.15, 0.2) is 0 Å². The molecule has 0 saturated carbocycles. The molecule has 0 spiro atoms. The molecule has 0 radical (unpaired) electrons. The first kappa shape index (κ1) is 13.5. The molecule has 2 rings (SSSR count). The van der Waals surface area contributed by atoms with E-state index < -0.39 is 0 Å². The number of hydrogen-bond donors (Lipinski definition) is 1. The van der Waals surface area contributed by atoms with Crippen molar-refractivity contribution in [2.75, 3.05) is 20.1 Å². The molecule has 2 heterocycles. The zero-order chi connectivity index (χ0) is 12.1. The number of halogens is 1. The van der Waals surface area contributed by atoms with Gasteiger partial charge in [0.05, 0.1) is 3.79 Å². The van der Waals surface area contributed by atoms with Crippen LogP contribution in [0.2, 0.25) is 0 Å². The molecule has 96 valence electrons. The summed E-state index contributed by atoms with van der Waals surface area (Å²) in [4.78, 5) is 2.42. The van der Waals surface area contributed by atoms with Gasteiger partial charge in [-0.3, -0.25) is 0 Å². The van der Waals surface area contributed by atoms with Gasteiger partial charge in [0.1, 0.15) is 0 Å². The normalized spacial score (nSPS) is 20.3. The number of hydrogen-bond acceptors (Lipinski definition) is 3. The van der Waals surface area contributed by atoms with E-state index in [0.29, 0.717) is 0 Å². The summed E-state index contributed by atoms with van der Waals surface area (Å²) >= 11 is 5.28. The second kappa shape index (κ2) is 6.88. The molecule has 0 aromatic carbocycles. The van der Waals surface area contributed by atoms with Crippen LogP contribution in [-0.4, -0.2) is 31.1 Å². The minimum absolute atomic E-state index is 0.790. The van der Waals surface area contributed by atoms with Gasteiger partial charge in [-0.2, -0.15) is 0 Å². The molecular formula is C13H21BrN2S. The van der Waals surface area contributed by atoms with Gasteiger partial charge in [0, 0.05) is 12.6 Å². The summed E-state index contributed by atoms with van der Waals surface area (Å²) in [6.45, 7) is 3.50. The Morgan fingerprint density at radius 3 is 3.12 bits per heavy atom. The minimum atomic E-state index is 0.790. The van der Waals surface area contributed by atoms with Crippen molar-refractivity contribution in [2.24, 2.45) is 0 Å². The lowest BCUT2D eigenvalue weighted by Gasteiger charge is -2.17. The molecular weight excluding hydrogens is 296 g/mol. The first-order valence-electron chi connectivity index (χ1n) is 6.39. The van der Waals surface area contributed by atoms with Crippen molar-refractivity contribution in [3.05, 3.63) is 20.8 Å². The average molecular weight is 317 g/mol. The van der Waals surface area contributed by atoms with E-state index in [9.17, 15) is 0 Å². The number of rotatable bonds is 6. The highest BCUT2D eigenvalue weighted by Gasteiger charge is 2.13. The van der Waals surface area contributed by atoms with Gasteiger partial charge < -0.3 is 10.2 Å². The predicted molar refractivity (Wildman–Crippen MR) is 78.6 cm³/mol. The van der Waals surface area contributed by atoms with Gasteiger partial charge in [-0.05, 0) is 78.8 Å². The van der Waals surface area contributed by atoms with Crippen LogP contribution >= 0.6 is 27.3 Å². The van der Waals surface area contributed by atoms with Crippen molar-refractivity contribution in [3.8, 4) is 0 Å². The Morgan fingerprint density at radius 1 is 1.59 bits per heavy atom.